The van der Waals surface area contributed by atoms with Crippen LogP contribution in [0.3, 0.4) is 0 Å². The van der Waals surface area contributed by atoms with Crippen LogP contribution in [0, 0.1) is 0 Å². The highest BCUT2D eigenvalue weighted by molar-refractivity contribution is 5.94. The molecule has 8 nitrogen and oxygen atoms in total. The van der Waals surface area contributed by atoms with Crippen LogP contribution in [0.2, 0.25) is 0 Å². The number of nitrogens with zero attached hydrogens (tertiary/aromatic N) is 5. The fourth-order valence-corrected chi connectivity index (χ4v) is 3.10. The zero-order valence-electron chi connectivity index (χ0n) is 14.7. The van der Waals surface area contributed by atoms with E-state index in [1.54, 1.807) is 9.47 Å². The number of nitrogen functional groups attached to an aromatic ring is 1. The van der Waals surface area contributed by atoms with Crippen molar-refractivity contribution in [3.05, 3.63) is 54.6 Å². The highest BCUT2D eigenvalue weighted by atomic mass is 16.6. The maximum Gasteiger partial charge on any atom is 0.246 e. The molecule has 0 atom stereocenters. The van der Waals surface area contributed by atoms with Gasteiger partial charge < -0.3 is 15.2 Å². The Kier molecular flexibility index (Phi) is 4.29. The Labute approximate surface area is 155 Å². The van der Waals surface area contributed by atoms with Gasteiger partial charge in [-0.15, -0.1) is 0 Å². The van der Waals surface area contributed by atoms with Gasteiger partial charge in [0.25, 0.3) is 0 Å². The molecule has 136 valence electrons. The molecule has 0 fully saturated rings. The zero-order chi connectivity index (χ0) is 18.8. The number of hydrogen-bond acceptors (Lipinski definition) is 6. The van der Waals surface area contributed by atoms with Crippen molar-refractivity contribution in [2.45, 2.75) is 13.5 Å². The molecule has 0 aliphatic heterocycles. The van der Waals surface area contributed by atoms with Crippen molar-refractivity contribution in [1.82, 2.24) is 19.9 Å². The summed E-state index contributed by atoms with van der Waals surface area (Å²) in [6.45, 7) is 2.58. The van der Waals surface area contributed by atoms with Crippen molar-refractivity contribution in [3.8, 4) is 11.5 Å². The van der Waals surface area contributed by atoms with Gasteiger partial charge in [0.2, 0.25) is 5.91 Å². The van der Waals surface area contributed by atoms with Crippen LogP contribution in [0.15, 0.2) is 59.2 Å². The van der Waals surface area contributed by atoms with E-state index in [-0.39, 0.29) is 18.3 Å². The lowest BCUT2D eigenvalue weighted by Gasteiger charge is -2.21. The summed E-state index contributed by atoms with van der Waals surface area (Å²) in [5.41, 5.74) is 8.58. The molecule has 1 amide bonds. The van der Waals surface area contributed by atoms with Crippen LogP contribution in [0.1, 0.15) is 6.92 Å². The topological polar surface area (TPSA) is 103 Å². The Hall–Kier alpha value is -3.68. The first kappa shape index (κ1) is 16.8. The van der Waals surface area contributed by atoms with E-state index < -0.39 is 0 Å². The van der Waals surface area contributed by atoms with Gasteiger partial charge in [-0.1, -0.05) is 30.3 Å². The average molecular weight is 362 g/mol. The minimum absolute atomic E-state index is 0.0665. The predicted octanol–water partition coefficient (Wildman–Crippen LogP) is 2.72. The smallest absolute Gasteiger partial charge is 0.246 e. The SMILES string of the molecule is CCN(C(=O)Cn1c(-c2nonc2N)nc2ccccc21)c1ccccc1. The third-order valence-electron chi connectivity index (χ3n) is 4.36. The van der Waals surface area contributed by atoms with Gasteiger partial charge in [-0.25, -0.2) is 9.61 Å². The Morgan fingerprint density at radius 2 is 1.85 bits per heavy atom. The fourth-order valence-electron chi connectivity index (χ4n) is 3.10. The number of hydrogen-bond donors (Lipinski definition) is 1. The highest BCUT2D eigenvalue weighted by Gasteiger charge is 2.22. The summed E-state index contributed by atoms with van der Waals surface area (Å²) in [5, 5.41) is 7.48. The Morgan fingerprint density at radius 1 is 1.11 bits per heavy atom. The number of carbonyl (C=O) groups is 1. The van der Waals surface area contributed by atoms with Gasteiger partial charge in [0.15, 0.2) is 17.3 Å². The fraction of sp³-hybridized carbons (Fsp3) is 0.158. The predicted molar refractivity (Wildman–Crippen MR) is 102 cm³/mol. The number of aromatic nitrogens is 4. The van der Waals surface area contributed by atoms with Gasteiger partial charge in [0.1, 0.15) is 6.54 Å². The van der Waals surface area contributed by atoms with Crippen molar-refractivity contribution < 1.29 is 9.42 Å². The summed E-state index contributed by atoms with van der Waals surface area (Å²) >= 11 is 0. The van der Waals surface area contributed by atoms with Gasteiger partial charge in [-0.3, -0.25) is 4.79 Å². The van der Waals surface area contributed by atoms with Crippen LogP contribution in [0.4, 0.5) is 11.5 Å². The molecular formula is C19H18N6O2. The monoisotopic (exact) mass is 362 g/mol. The summed E-state index contributed by atoms with van der Waals surface area (Å²) in [4.78, 5) is 19.4. The molecule has 4 aromatic rings. The number of amides is 1. The summed E-state index contributed by atoms with van der Waals surface area (Å²) in [5.74, 6) is 0.518. The second-order valence-corrected chi connectivity index (χ2v) is 5.98. The molecule has 0 saturated carbocycles. The first-order chi connectivity index (χ1) is 13.2. The number of rotatable bonds is 5. The van der Waals surface area contributed by atoms with Gasteiger partial charge in [0.05, 0.1) is 11.0 Å². The van der Waals surface area contributed by atoms with Gasteiger partial charge in [-0.2, -0.15) is 0 Å². The lowest BCUT2D eigenvalue weighted by Crippen LogP contribution is -2.33. The lowest BCUT2D eigenvalue weighted by molar-refractivity contribution is -0.119. The summed E-state index contributed by atoms with van der Waals surface area (Å²) < 4.78 is 6.51. The number of fused-ring (bicyclic) bond motifs is 1. The van der Waals surface area contributed by atoms with Crippen molar-refractivity contribution in [3.63, 3.8) is 0 Å². The minimum Gasteiger partial charge on any atom is -0.379 e. The van der Waals surface area contributed by atoms with E-state index in [1.807, 2.05) is 61.5 Å². The molecule has 0 bridgehead atoms. The minimum atomic E-state index is -0.0665. The first-order valence-corrected chi connectivity index (χ1v) is 8.58. The van der Waals surface area contributed by atoms with Crippen LogP contribution in [0.25, 0.3) is 22.6 Å². The van der Waals surface area contributed by atoms with Crippen molar-refractivity contribution in [2.24, 2.45) is 0 Å². The molecule has 2 aromatic heterocycles. The van der Waals surface area contributed by atoms with E-state index in [1.165, 1.54) is 0 Å². The van der Waals surface area contributed by atoms with E-state index in [0.29, 0.717) is 18.1 Å². The van der Waals surface area contributed by atoms with E-state index in [9.17, 15) is 4.79 Å². The molecule has 2 aromatic carbocycles. The maximum absolute atomic E-state index is 13.1. The quantitative estimate of drug-likeness (QED) is 0.585. The Bertz CT molecular complexity index is 1090. The molecule has 0 aliphatic rings. The van der Waals surface area contributed by atoms with Crippen LogP contribution in [-0.2, 0) is 11.3 Å². The number of carbonyl (C=O) groups excluding carboxylic acids is 1. The molecule has 2 heterocycles. The third-order valence-corrected chi connectivity index (χ3v) is 4.36. The molecule has 0 saturated heterocycles. The van der Waals surface area contributed by atoms with Crippen molar-refractivity contribution >= 4 is 28.4 Å². The number of benzene rings is 2. The first-order valence-electron chi connectivity index (χ1n) is 8.58. The number of anilines is 2. The van der Waals surface area contributed by atoms with E-state index in [4.69, 9.17) is 10.4 Å². The number of nitrogens with two attached hydrogens (primary N) is 1. The summed E-state index contributed by atoms with van der Waals surface area (Å²) in [7, 11) is 0. The van der Waals surface area contributed by atoms with E-state index >= 15 is 0 Å². The van der Waals surface area contributed by atoms with Gasteiger partial charge in [0, 0.05) is 12.2 Å². The molecule has 0 radical (unpaired) electrons. The van der Waals surface area contributed by atoms with Crippen LogP contribution in [-0.4, -0.2) is 32.3 Å². The third kappa shape index (κ3) is 3.01. The van der Waals surface area contributed by atoms with Crippen LogP contribution >= 0.6 is 0 Å². The molecule has 0 spiro atoms. The van der Waals surface area contributed by atoms with E-state index in [0.717, 1.165) is 16.7 Å². The lowest BCUT2D eigenvalue weighted by atomic mass is 10.2. The number of imidazole rings is 1. The molecule has 27 heavy (non-hydrogen) atoms. The van der Waals surface area contributed by atoms with Crippen molar-refractivity contribution in [1.29, 1.82) is 0 Å². The Morgan fingerprint density at radius 3 is 2.56 bits per heavy atom. The molecule has 2 N–H and O–H groups in total. The van der Waals surface area contributed by atoms with Crippen LogP contribution < -0.4 is 10.6 Å². The summed E-state index contributed by atoms with van der Waals surface area (Å²) in [6.07, 6.45) is 0. The van der Waals surface area contributed by atoms with Crippen LogP contribution in [0.5, 0.6) is 0 Å². The van der Waals surface area contributed by atoms with E-state index in [2.05, 4.69) is 15.3 Å². The Balaban J connectivity index is 1.77. The average Bonchev–Trinajstić information content (AvgIpc) is 3.27. The standard InChI is InChI=1S/C19H18N6O2/c1-2-24(13-8-4-3-5-9-13)16(26)12-25-15-11-7-6-10-14(15)21-19(25)17-18(20)23-27-22-17/h3-11H,2,12H2,1H3,(H2,20,23). The molecule has 0 unspecified atom stereocenters. The van der Waals surface area contributed by atoms with Crippen molar-refractivity contribution in [2.75, 3.05) is 17.2 Å². The van der Waals surface area contributed by atoms with Gasteiger partial charge >= 0.3 is 0 Å². The molecule has 0 aliphatic carbocycles. The zero-order valence-corrected chi connectivity index (χ0v) is 14.7. The molecule has 8 heteroatoms. The maximum atomic E-state index is 13.1. The normalized spacial score (nSPS) is 11.0. The number of para-hydroxylation sites is 3. The second-order valence-electron chi connectivity index (χ2n) is 5.98. The largest absolute Gasteiger partial charge is 0.379 e. The second kappa shape index (κ2) is 6.91. The molecular weight excluding hydrogens is 344 g/mol. The summed E-state index contributed by atoms with van der Waals surface area (Å²) in [6, 6.07) is 17.1. The number of likely N-dealkylation sites (N-methyl/N-ethyl adjacent to an activating group) is 1. The molecule has 4 rings (SSSR count). The van der Waals surface area contributed by atoms with Gasteiger partial charge in [-0.05, 0) is 41.5 Å². The highest BCUT2D eigenvalue weighted by Crippen LogP contribution is 2.27.